The molecule has 0 fully saturated rings. The summed E-state index contributed by atoms with van der Waals surface area (Å²) in [6, 6.07) is 9.32. The first-order valence-electron chi connectivity index (χ1n) is 5.51. The normalized spacial score (nSPS) is 10.3. The molecule has 5 heteroatoms. The molecule has 0 aliphatic carbocycles. The molecule has 1 heterocycles. The van der Waals surface area contributed by atoms with Gasteiger partial charge in [0.05, 0.1) is 18.5 Å². The maximum Gasteiger partial charge on any atom is 0.325 e. The Balaban J connectivity index is 2.52. The third-order valence-corrected chi connectivity index (χ3v) is 2.57. The molecule has 0 atom stereocenters. The zero-order valence-electron chi connectivity index (χ0n) is 10.3. The van der Waals surface area contributed by atoms with E-state index in [0.717, 1.165) is 17.0 Å². The van der Waals surface area contributed by atoms with Crippen molar-refractivity contribution < 1.29 is 14.6 Å². The smallest absolute Gasteiger partial charge is 0.325 e. The molecule has 0 saturated carbocycles. The number of methoxy groups -OCH3 is 1. The average molecular weight is 246 g/mol. The number of aryl methyl sites for hydroxylation is 1. The van der Waals surface area contributed by atoms with E-state index in [-0.39, 0.29) is 6.54 Å². The summed E-state index contributed by atoms with van der Waals surface area (Å²) in [5, 5.41) is 13.1. The van der Waals surface area contributed by atoms with Gasteiger partial charge in [-0.05, 0) is 25.1 Å². The Bertz CT molecular complexity index is 575. The van der Waals surface area contributed by atoms with Crippen molar-refractivity contribution in [3.05, 3.63) is 36.0 Å². The Morgan fingerprint density at radius 2 is 2.17 bits per heavy atom. The summed E-state index contributed by atoms with van der Waals surface area (Å²) < 4.78 is 6.75. The molecule has 2 aromatic rings. The summed E-state index contributed by atoms with van der Waals surface area (Å²) in [6.07, 6.45) is 0. The second-order valence-electron chi connectivity index (χ2n) is 3.92. The van der Waals surface area contributed by atoms with Crippen molar-refractivity contribution in [3.8, 4) is 17.0 Å². The standard InChI is InChI=1S/C13H14N2O3/c1-9-7-11(15(14-9)8-13(16)17)10-5-3-4-6-12(10)18-2/h3-7H,8H2,1-2H3,(H,16,17). The van der Waals surface area contributed by atoms with E-state index in [1.807, 2.05) is 37.3 Å². The van der Waals surface area contributed by atoms with Crippen LogP contribution >= 0.6 is 0 Å². The van der Waals surface area contributed by atoms with Crippen LogP contribution in [0, 0.1) is 6.92 Å². The van der Waals surface area contributed by atoms with Crippen molar-refractivity contribution in [3.63, 3.8) is 0 Å². The van der Waals surface area contributed by atoms with Crippen LogP contribution in [0.1, 0.15) is 5.69 Å². The van der Waals surface area contributed by atoms with Gasteiger partial charge in [-0.3, -0.25) is 9.48 Å². The first kappa shape index (κ1) is 12.2. The van der Waals surface area contributed by atoms with Gasteiger partial charge in [-0.15, -0.1) is 0 Å². The molecule has 0 bridgehead atoms. The fourth-order valence-corrected chi connectivity index (χ4v) is 1.87. The van der Waals surface area contributed by atoms with Gasteiger partial charge in [0, 0.05) is 5.56 Å². The van der Waals surface area contributed by atoms with Gasteiger partial charge in [0.25, 0.3) is 0 Å². The third-order valence-electron chi connectivity index (χ3n) is 2.57. The van der Waals surface area contributed by atoms with Gasteiger partial charge in [-0.2, -0.15) is 5.10 Å². The molecule has 5 nitrogen and oxygen atoms in total. The number of aromatic nitrogens is 2. The van der Waals surface area contributed by atoms with E-state index in [4.69, 9.17) is 9.84 Å². The SMILES string of the molecule is COc1ccccc1-c1cc(C)nn1CC(=O)O. The molecule has 94 valence electrons. The van der Waals surface area contributed by atoms with E-state index in [0.29, 0.717) is 5.75 Å². The van der Waals surface area contributed by atoms with Crippen molar-refractivity contribution in [2.45, 2.75) is 13.5 Å². The lowest BCUT2D eigenvalue weighted by atomic mass is 10.1. The highest BCUT2D eigenvalue weighted by Crippen LogP contribution is 2.29. The highest BCUT2D eigenvalue weighted by atomic mass is 16.5. The first-order chi connectivity index (χ1) is 8.61. The van der Waals surface area contributed by atoms with Crippen LogP contribution in [0.3, 0.4) is 0 Å². The topological polar surface area (TPSA) is 64.4 Å². The van der Waals surface area contributed by atoms with Gasteiger partial charge in [0.15, 0.2) is 0 Å². The molecule has 0 unspecified atom stereocenters. The third kappa shape index (κ3) is 2.34. The molecule has 0 aliphatic heterocycles. The molecule has 18 heavy (non-hydrogen) atoms. The second kappa shape index (κ2) is 4.91. The average Bonchev–Trinajstić information content (AvgIpc) is 2.69. The highest BCUT2D eigenvalue weighted by molar-refractivity contribution is 5.71. The van der Waals surface area contributed by atoms with Gasteiger partial charge >= 0.3 is 5.97 Å². The molecule has 0 amide bonds. The molecule has 1 aromatic heterocycles. The summed E-state index contributed by atoms with van der Waals surface area (Å²) in [7, 11) is 1.59. The lowest BCUT2D eigenvalue weighted by molar-refractivity contribution is -0.137. The van der Waals surface area contributed by atoms with Crippen molar-refractivity contribution in [2.75, 3.05) is 7.11 Å². The first-order valence-corrected chi connectivity index (χ1v) is 5.51. The van der Waals surface area contributed by atoms with Crippen molar-refractivity contribution in [1.82, 2.24) is 9.78 Å². The summed E-state index contributed by atoms with van der Waals surface area (Å²) >= 11 is 0. The van der Waals surface area contributed by atoms with Crippen LogP contribution in [0.4, 0.5) is 0 Å². The van der Waals surface area contributed by atoms with Crippen LogP contribution in [-0.4, -0.2) is 28.0 Å². The predicted molar refractivity (Wildman–Crippen MR) is 66.6 cm³/mol. The Kier molecular flexibility index (Phi) is 3.32. The molecule has 0 spiro atoms. The summed E-state index contributed by atoms with van der Waals surface area (Å²) in [5.41, 5.74) is 2.35. The van der Waals surface area contributed by atoms with Gasteiger partial charge in [-0.1, -0.05) is 12.1 Å². The van der Waals surface area contributed by atoms with Crippen molar-refractivity contribution in [1.29, 1.82) is 0 Å². The molecule has 0 radical (unpaired) electrons. The van der Waals surface area contributed by atoms with Gasteiger partial charge in [0.2, 0.25) is 0 Å². The Labute approximate surface area is 105 Å². The lowest BCUT2D eigenvalue weighted by Crippen LogP contribution is -2.11. The fraction of sp³-hybridized carbons (Fsp3) is 0.231. The number of rotatable bonds is 4. The molecule has 1 aromatic carbocycles. The zero-order valence-corrected chi connectivity index (χ0v) is 10.3. The van der Waals surface area contributed by atoms with Gasteiger partial charge in [0.1, 0.15) is 12.3 Å². The minimum atomic E-state index is -0.922. The Morgan fingerprint density at radius 3 is 2.83 bits per heavy atom. The summed E-state index contributed by atoms with van der Waals surface area (Å²) in [4.78, 5) is 10.8. The van der Waals surface area contributed by atoms with E-state index in [9.17, 15) is 4.79 Å². The maximum atomic E-state index is 10.8. The minimum Gasteiger partial charge on any atom is -0.496 e. The van der Waals surface area contributed by atoms with Crippen LogP contribution in [0.2, 0.25) is 0 Å². The predicted octanol–water partition coefficient (Wildman–Crippen LogP) is 1.95. The summed E-state index contributed by atoms with van der Waals surface area (Å²) in [6.45, 7) is 1.67. The van der Waals surface area contributed by atoms with Crippen molar-refractivity contribution >= 4 is 5.97 Å². The number of carboxylic acids is 1. The number of benzene rings is 1. The van der Waals surface area contributed by atoms with Gasteiger partial charge in [-0.25, -0.2) is 0 Å². The minimum absolute atomic E-state index is 0.165. The van der Waals surface area contributed by atoms with Crippen LogP contribution in [-0.2, 0) is 11.3 Å². The molecule has 0 aliphatic rings. The largest absolute Gasteiger partial charge is 0.496 e. The van der Waals surface area contributed by atoms with Crippen LogP contribution in [0.15, 0.2) is 30.3 Å². The van der Waals surface area contributed by atoms with Crippen LogP contribution in [0.5, 0.6) is 5.75 Å². The van der Waals surface area contributed by atoms with E-state index < -0.39 is 5.97 Å². The fourth-order valence-electron chi connectivity index (χ4n) is 1.87. The zero-order chi connectivity index (χ0) is 13.1. The number of nitrogens with zero attached hydrogens (tertiary/aromatic N) is 2. The van der Waals surface area contributed by atoms with E-state index >= 15 is 0 Å². The van der Waals surface area contributed by atoms with E-state index in [1.54, 1.807) is 7.11 Å². The number of aliphatic carboxylic acids is 1. The quantitative estimate of drug-likeness (QED) is 0.895. The molecular formula is C13H14N2O3. The number of hydrogen-bond donors (Lipinski definition) is 1. The number of para-hydroxylation sites is 1. The molecule has 2 rings (SSSR count). The molecule has 1 N–H and O–H groups in total. The Morgan fingerprint density at radius 1 is 1.44 bits per heavy atom. The molecule has 0 saturated heterocycles. The van der Waals surface area contributed by atoms with E-state index in [2.05, 4.69) is 5.10 Å². The van der Waals surface area contributed by atoms with Crippen LogP contribution < -0.4 is 4.74 Å². The molecular weight excluding hydrogens is 232 g/mol. The number of ether oxygens (including phenoxy) is 1. The maximum absolute atomic E-state index is 10.8. The van der Waals surface area contributed by atoms with Gasteiger partial charge < -0.3 is 9.84 Å². The number of hydrogen-bond acceptors (Lipinski definition) is 3. The second-order valence-corrected chi connectivity index (χ2v) is 3.92. The van der Waals surface area contributed by atoms with Crippen molar-refractivity contribution in [2.24, 2.45) is 0 Å². The number of carbonyl (C=O) groups is 1. The Hall–Kier alpha value is -2.30. The highest BCUT2D eigenvalue weighted by Gasteiger charge is 2.13. The monoisotopic (exact) mass is 246 g/mol. The number of carboxylic acid groups (broad SMARTS) is 1. The summed E-state index contributed by atoms with van der Waals surface area (Å²) in [5.74, 6) is -0.224. The van der Waals surface area contributed by atoms with E-state index in [1.165, 1.54) is 4.68 Å². The van der Waals surface area contributed by atoms with Crippen LogP contribution in [0.25, 0.3) is 11.3 Å². The lowest BCUT2D eigenvalue weighted by Gasteiger charge is -2.09.